The summed E-state index contributed by atoms with van der Waals surface area (Å²) in [6.07, 6.45) is 0. The van der Waals surface area contributed by atoms with E-state index in [1.807, 2.05) is 0 Å². The molecule has 0 aliphatic heterocycles. The third-order valence-corrected chi connectivity index (χ3v) is 4.20. The van der Waals surface area contributed by atoms with Crippen LogP contribution in [0.4, 0.5) is 15.8 Å². The monoisotopic (exact) mass is 402 g/mol. The molecule has 0 unspecified atom stereocenters. The first-order chi connectivity index (χ1) is 12.9. The highest BCUT2D eigenvalue weighted by Crippen LogP contribution is 2.19. The van der Waals surface area contributed by atoms with E-state index in [0.29, 0.717) is 21.4 Å². The predicted octanol–water partition coefficient (Wildman–Crippen LogP) is 5.64. The number of carbonyl (C=O) groups excluding carboxylic acids is 2. The van der Waals surface area contributed by atoms with E-state index in [0.717, 1.165) is 0 Å². The quantitative estimate of drug-likeness (QED) is 0.593. The number of hydrogen-bond donors (Lipinski definition) is 2. The second kappa shape index (κ2) is 8.20. The van der Waals surface area contributed by atoms with E-state index in [4.69, 9.17) is 23.2 Å². The molecule has 0 saturated carbocycles. The Bertz CT molecular complexity index is 912. The number of anilines is 2. The van der Waals surface area contributed by atoms with Crippen LogP contribution in [0, 0.1) is 5.82 Å². The van der Waals surface area contributed by atoms with Crippen LogP contribution in [0.2, 0.25) is 10.0 Å². The summed E-state index contributed by atoms with van der Waals surface area (Å²) in [6, 6.07) is 16.8. The first kappa shape index (κ1) is 18.9. The van der Waals surface area contributed by atoms with Crippen molar-refractivity contribution in [2.75, 3.05) is 10.6 Å². The third kappa shape index (κ3) is 4.64. The molecule has 3 aromatic rings. The maximum Gasteiger partial charge on any atom is 0.258 e. The molecular weight excluding hydrogens is 390 g/mol. The minimum atomic E-state index is -0.907. The molecule has 0 heterocycles. The molecule has 0 bridgehead atoms. The maximum absolute atomic E-state index is 14.7. The first-order valence-electron chi connectivity index (χ1n) is 7.86. The summed E-state index contributed by atoms with van der Waals surface area (Å²) < 4.78 is 14.7. The maximum atomic E-state index is 14.7. The minimum absolute atomic E-state index is 0.242. The van der Waals surface area contributed by atoms with Gasteiger partial charge in [0.25, 0.3) is 11.8 Å². The average molecular weight is 403 g/mol. The number of amides is 2. The number of carbonyl (C=O) groups is 2. The fraction of sp³-hybridized carbons (Fsp3) is 0. The summed E-state index contributed by atoms with van der Waals surface area (Å²) in [7, 11) is 0. The van der Waals surface area contributed by atoms with Crippen LogP contribution in [0.1, 0.15) is 20.7 Å². The SMILES string of the molecule is O=C(Nc1ccc(Cl)cc1)c1cccc(C(=O)Nc2ccc(Cl)cc2)c1F. The van der Waals surface area contributed by atoms with Crippen molar-refractivity contribution in [2.45, 2.75) is 0 Å². The van der Waals surface area contributed by atoms with E-state index >= 15 is 0 Å². The largest absolute Gasteiger partial charge is 0.322 e. The molecule has 3 rings (SSSR count). The zero-order valence-corrected chi connectivity index (χ0v) is 15.3. The highest BCUT2D eigenvalue weighted by Gasteiger charge is 2.19. The molecule has 3 aromatic carbocycles. The molecule has 2 amide bonds. The van der Waals surface area contributed by atoms with Gasteiger partial charge in [0.15, 0.2) is 0 Å². The molecule has 7 heteroatoms. The summed E-state index contributed by atoms with van der Waals surface area (Å²) in [4.78, 5) is 24.7. The topological polar surface area (TPSA) is 58.2 Å². The Morgan fingerprint density at radius 1 is 0.667 bits per heavy atom. The highest BCUT2D eigenvalue weighted by molar-refractivity contribution is 6.31. The van der Waals surface area contributed by atoms with Crippen molar-refractivity contribution in [1.82, 2.24) is 0 Å². The molecule has 0 fully saturated rings. The normalized spacial score (nSPS) is 10.3. The lowest BCUT2D eigenvalue weighted by atomic mass is 10.1. The van der Waals surface area contributed by atoms with Gasteiger partial charge in [-0.05, 0) is 60.7 Å². The molecule has 0 aromatic heterocycles. The molecule has 27 heavy (non-hydrogen) atoms. The Morgan fingerprint density at radius 3 is 1.41 bits per heavy atom. The van der Waals surface area contributed by atoms with Gasteiger partial charge in [-0.2, -0.15) is 0 Å². The van der Waals surface area contributed by atoms with Gasteiger partial charge < -0.3 is 10.6 Å². The molecule has 0 saturated heterocycles. The van der Waals surface area contributed by atoms with Crippen molar-refractivity contribution in [3.63, 3.8) is 0 Å². The second-order valence-electron chi connectivity index (χ2n) is 5.59. The minimum Gasteiger partial charge on any atom is -0.322 e. The lowest BCUT2D eigenvalue weighted by molar-refractivity contribution is 0.102. The van der Waals surface area contributed by atoms with Crippen molar-refractivity contribution >= 4 is 46.4 Å². The number of rotatable bonds is 4. The van der Waals surface area contributed by atoms with Crippen LogP contribution in [0.5, 0.6) is 0 Å². The predicted molar refractivity (Wildman–Crippen MR) is 105 cm³/mol. The Morgan fingerprint density at radius 2 is 1.04 bits per heavy atom. The van der Waals surface area contributed by atoms with Gasteiger partial charge in [0.1, 0.15) is 5.82 Å². The summed E-state index contributed by atoms with van der Waals surface area (Å²) in [5.41, 5.74) is 0.432. The second-order valence-corrected chi connectivity index (χ2v) is 6.46. The zero-order chi connectivity index (χ0) is 19.4. The van der Waals surface area contributed by atoms with E-state index in [1.165, 1.54) is 18.2 Å². The van der Waals surface area contributed by atoms with Gasteiger partial charge in [-0.15, -0.1) is 0 Å². The van der Waals surface area contributed by atoms with E-state index in [-0.39, 0.29) is 11.1 Å². The van der Waals surface area contributed by atoms with Gasteiger partial charge >= 0.3 is 0 Å². The van der Waals surface area contributed by atoms with Crippen LogP contribution in [0.3, 0.4) is 0 Å². The van der Waals surface area contributed by atoms with E-state index < -0.39 is 17.6 Å². The molecule has 136 valence electrons. The van der Waals surface area contributed by atoms with Crippen molar-refractivity contribution in [3.8, 4) is 0 Å². The average Bonchev–Trinajstić information content (AvgIpc) is 2.65. The Hall–Kier alpha value is -2.89. The van der Waals surface area contributed by atoms with Gasteiger partial charge in [0.05, 0.1) is 11.1 Å². The Balaban J connectivity index is 1.80. The number of hydrogen-bond acceptors (Lipinski definition) is 2. The van der Waals surface area contributed by atoms with Crippen molar-refractivity contribution < 1.29 is 14.0 Å². The van der Waals surface area contributed by atoms with Gasteiger partial charge in [-0.1, -0.05) is 29.3 Å². The van der Waals surface area contributed by atoms with E-state index in [9.17, 15) is 14.0 Å². The fourth-order valence-electron chi connectivity index (χ4n) is 2.35. The molecule has 0 spiro atoms. The number of benzene rings is 3. The molecule has 0 atom stereocenters. The summed E-state index contributed by atoms with van der Waals surface area (Å²) in [6.45, 7) is 0. The van der Waals surface area contributed by atoms with E-state index in [1.54, 1.807) is 48.5 Å². The Labute approximate surface area is 164 Å². The third-order valence-electron chi connectivity index (χ3n) is 3.69. The number of nitrogens with one attached hydrogen (secondary N) is 2. The van der Waals surface area contributed by atoms with E-state index in [2.05, 4.69) is 10.6 Å². The van der Waals surface area contributed by atoms with Gasteiger partial charge in [-0.3, -0.25) is 9.59 Å². The van der Waals surface area contributed by atoms with Crippen molar-refractivity contribution in [2.24, 2.45) is 0 Å². The first-order valence-corrected chi connectivity index (χ1v) is 8.62. The van der Waals surface area contributed by atoms with Crippen LogP contribution in [0.15, 0.2) is 66.7 Å². The highest BCUT2D eigenvalue weighted by atomic mass is 35.5. The van der Waals surface area contributed by atoms with Crippen LogP contribution in [-0.2, 0) is 0 Å². The lowest BCUT2D eigenvalue weighted by Crippen LogP contribution is -2.19. The number of halogens is 3. The standard InChI is InChI=1S/C20H13Cl2FN2O2/c21-12-4-8-14(9-5-12)24-19(26)16-2-1-3-17(18(16)23)20(27)25-15-10-6-13(22)7-11-15/h1-11H,(H,24,26)(H,25,27). The van der Waals surface area contributed by atoms with Crippen LogP contribution in [-0.4, -0.2) is 11.8 Å². The smallest absolute Gasteiger partial charge is 0.258 e. The van der Waals surface area contributed by atoms with Crippen LogP contribution >= 0.6 is 23.2 Å². The molecule has 0 radical (unpaired) electrons. The van der Waals surface area contributed by atoms with Gasteiger partial charge in [0.2, 0.25) is 0 Å². The molecule has 4 nitrogen and oxygen atoms in total. The molecule has 0 aliphatic carbocycles. The summed E-state index contributed by atoms with van der Waals surface area (Å²) in [5.74, 6) is -2.25. The molecular formula is C20H13Cl2FN2O2. The van der Waals surface area contributed by atoms with Crippen LogP contribution < -0.4 is 10.6 Å². The molecule has 0 aliphatic rings. The molecule has 2 N–H and O–H groups in total. The van der Waals surface area contributed by atoms with Crippen LogP contribution in [0.25, 0.3) is 0 Å². The lowest BCUT2D eigenvalue weighted by Gasteiger charge is -2.10. The zero-order valence-electron chi connectivity index (χ0n) is 13.8. The van der Waals surface area contributed by atoms with Crippen molar-refractivity contribution in [3.05, 3.63) is 93.7 Å². The van der Waals surface area contributed by atoms with Gasteiger partial charge in [0, 0.05) is 21.4 Å². The van der Waals surface area contributed by atoms with Gasteiger partial charge in [-0.25, -0.2) is 4.39 Å². The fourth-order valence-corrected chi connectivity index (χ4v) is 2.60. The Kier molecular flexibility index (Phi) is 5.74. The van der Waals surface area contributed by atoms with Crippen molar-refractivity contribution in [1.29, 1.82) is 0 Å². The summed E-state index contributed by atoms with van der Waals surface area (Å²) in [5, 5.41) is 6.16. The summed E-state index contributed by atoms with van der Waals surface area (Å²) >= 11 is 11.6.